The maximum Gasteiger partial charge on any atom is 0.325 e. The summed E-state index contributed by atoms with van der Waals surface area (Å²) < 4.78 is 7.31. The first-order chi connectivity index (χ1) is 11.4. The molecule has 1 unspecified atom stereocenters. The molecule has 1 saturated heterocycles. The first-order valence-electron chi connectivity index (χ1n) is 8.04. The van der Waals surface area contributed by atoms with Crippen LogP contribution < -0.4 is 15.0 Å². The van der Waals surface area contributed by atoms with E-state index in [2.05, 4.69) is 34.2 Å². The van der Waals surface area contributed by atoms with Crippen molar-refractivity contribution in [3.63, 3.8) is 0 Å². The first kappa shape index (κ1) is 15.5. The fourth-order valence-electron chi connectivity index (χ4n) is 3.69. The van der Waals surface area contributed by atoms with Crippen molar-refractivity contribution >= 4 is 27.6 Å². The molecule has 124 valence electrons. The number of hydrogen-bond acceptors (Lipinski definition) is 2. The minimum absolute atomic E-state index is 0.0369. The second-order valence-corrected chi connectivity index (χ2v) is 7.64. The first-order valence-corrected chi connectivity index (χ1v) is 8.84. The molecule has 0 spiro atoms. The number of benzene rings is 2. The molecule has 2 aliphatic rings. The Morgan fingerprint density at radius 2 is 2.08 bits per heavy atom. The Bertz CT molecular complexity index is 851. The molecule has 4 rings (SSSR count). The molecule has 2 aliphatic heterocycles. The lowest BCUT2D eigenvalue weighted by Gasteiger charge is -2.51. The van der Waals surface area contributed by atoms with Crippen LogP contribution in [0.15, 0.2) is 40.9 Å². The molecular weight excluding hydrogens is 368 g/mol. The second kappa shape index (κ2) is 5.24. The quantitative estimate of drug-likeness (QED) is 0.761. The number of fused-ring (bicyclic) bond motifs is 4. The van der Waals surface area contributed by atoms with E-state index < -0.39 is 5.72 Å². The number of nitrogens with one attached hydrogen (secondary N) is 1. The number of anilines is 1. The lowest BCUT2D eigenvalue weighted by atomic mass is 9.89. The van der Waals surface area contributed by atoms with Gasteiger partial charge in [-0.1, -0.05) is 28.1 Å². The maximum atomic E-state index is 12.9. The Labute approximate surface area is 149 Å². The third kappa shape index (κ3) is 2.22. The van der Waals surface area contributed by atoms with Crippen molar-refractivity contribution in [1.29, 1.82) is 0 Å². The molecule has 0 saturated carbocycles. The van der Waals surface area contributed by atoms with Crippen LogP contribution in [-0.2, 0) is 0 Å². The van der Waals surface area contributed by atoms with Crippen LogP contribution in [0.2, 0.25) is 0 Å². The van der Waals surface area contributed by atoms with Gasteiger partial charge in [-0.05, 0) is 56.2 Å². The second-order valence-electron chi connectivity index (χ2n) is 6.72. The number of halogens is 1. The highest BCUT2D eigenvalue weighted by atomic mass is 79.9. The predicted molar refractivity (Wildman–Crippen MR) is 97.5 cm³/mol. The number of rotatable bonds is 1. The van der Waals surface area contributed by atoms with E-state index in [1.807, 2.05) is 44.2 Å². The van der Waals surface area contributed by atoms with Crippen molar-refractivity contribution in [2.45, 2.75) is 39.0 Å². The summed E-state index contributed by atoms with van der Waals surface area (Å²) in [6.45, 7) is 6.09. The van der Waals surface area contributed by atoms with Crippen LogP contribution in [0.1, 0.15) is 36.1 Å². The number of aryl methyl sites for hydroxylation is 1. The van der Waals surface area contributed by atoms with E-state index >= 15 is 0 Å². The van der Waals surface area contributed by atoms with Crippen LogP contribution >= 0.6 is 15.9 Å². The fraction of sp³-hybridized carbons (Fsp3) is 0.316. The minimum Gasteiger partial charge on any atom is -0.467 e. The van der Waals surface area contributed by atoms with Gasteiger partial charge in [0.15, 0.2) is 5.72 Å². The number of carbonyl (C=O) groups is 1. The van der Waals surface area contributed by atoms with Crippen molar-refractivity contribution in [1.82, 2.24) is 5.32 Å². The van der Waals surface area contributed by atoms with Crippen LogP contribution in [0.3, 0.4) is 0 Å². The molecule has 24 heavy (non-hydrogen) atoms. The third-order valence-corrected chi connectivity index (χ3v) is 5.54. The Morgan fingerprint density at radius 1 is 1.29 bits per heavy atom. The third-order valence-electron chi connectivity index (χ3n) is 5.05. The topological polar surface area (TPSA) is 41.6 Å². The standard InChI is InChI=1S/C19H19BrN2O2/c1-11-5-4-6-16(12(11)2)22-18(23)21-15-10-19(22,3)24-17-8-7-13(20)9-14(15)17/h4-9,15H,10H2,1-3H3,(H,21,23)/t15?,19-/m0/s1. The van der Waals surface area contributed by atoms with Gasteiger partial charge in [0.05, 0.1) is 11.7 Å². The SMILES string of the molecule is Cc1cccc(N2C(=O)NC3C[C@]2(C)Oc2ccc(Br)cc23)c1C. The Hall–Kier alpha value is -2.01. The highest BCUT2D eigenvalue weighted by molar-refractivity contribution is 9.10. The Balaban J connectivity index is 1.84. The molecule has 2 heterocycles. The zero-order valence-electron chi connectivity index (χ0n) is 13.9. The molecule has 0 radical (unpaired) electrons. The van der Waals surface area contributed by atoms with Crippen LogP contribution in [0.5, 0.6) is 5.75 Å². The van der Waals surface area contributed by atoms with Crippen molar-refractivity contribution in [2.75, 3.05) is 4.90 Å². The molecule has 2 aromatic rings. The van der Waals surface area contributed by atoms with Gasteiger partial charge in [-0.2, -0.15) is 0 Å². The van der Waals surface area contributed by atoms with Crippen molar-refractivity contribution in [2.24, 2.45) is 0 Å². The monoisotopic (exact) mass is 386 g/mol. The molecule has 1 N–H and O–H groups in total. The molecule has 5 heteroatoms. The summed E-state index contributed by atoms with van der Waals surface area (Å²) in [7, 11) is 0. The maximum absolute atomic E-state index is 12.9. The zero-order valence-corrected chi connectivity index (χ0v) is 15.5. The van der Waals surface area contributed by atoms with Crippen LogP contribution in [-0.4, -0.2) is 11.8 Å². The predicted octanol–water partition coefficient (Wildman–Crippen LogP) is 4.84. The molecule has 2 aromatic carbocycles. The fourth-order valence-corrected chi connectivity index (χ4v) is 4.07. The summed E-state index contributed by atoms with van der Waals surface area (Å²) >= 11 is 3.50. The highest BCUT2D eigenvalue weighted by Gasteiger charge is 2.50. The van der Waals surface area contributed by atoms with E-state index in [-0.39, 0.29) is 12.1 Å². The van der Waals surface area contributed by atoms with Crippen LogP contribution in [0, 0.1) is 13.8 Å². The van der Waals surface area contributed by atoms with E-state index in [4.69, 9.17) is 4.74 Å². The summed E-state index contributed by atoms with van der Waals surface area (Å²) in [4.78, 5) is 14.7. The molecule has 2 bridgehead atoms. The van der Waals surface area contributed by atoms with Crippen molar-refractivity contribution in [3.8, 4) is 5.75 Å². The van der Waals surface area contributed by atoms with E-state index in [9.17, 15) is 4.79 Å². The van der Waals surface area contributed by atoms with Gasteiger partial charge in [-0.25, -0.2) is 4.79 Å². The number of hydrogen-bond donors (Lipinski definition) is 1. The summed E-state index contributed by atoms with van der Waals surface area (Å²) in [5.41, 5.74) is 3.47. The molecule has 2 atom stereocenters. The van der Waals surface area contributed by atoms with E-state index in [0.29, 0.717) is 6.42 Å². The van der Waals surface area contributed by atoms with Crippen molar-refractivity contribution in [3.05, 3.63) is 57.6 Å². The van der Waals surface area contributed by atoms with Gasteiger partial charge in [-0.3, -0.25) is 4.90 Å². The van der Waals surface area contributed by atoms with Gasteiger partial charge >= 0.3 is 6.03 Å². The minimum atomic E-state index is -0.702. The molecule has 1 fully saturated rings. The number of amides is 2. The molecular formula is C19H19BrN2O2. The zero-order chi connectivity index (χ0) is 17.1. The largest absolute Gasteiger partial charge is 0.467 e. The Morgan fingerprint density at radius 3 is 2.88 bits per heavy atom. The van der Waals surface area contributed by atoms with Gasteiger partial charge in [0, 0.05) is 16.5 Å². The number of carbonyl (C=O) groups excluding carboxylic acids is 1. The van der Waals surface area contributed by atoms with E-state index in [0.717, 1.165) is 32.6 Å². The number of ether oxygens (including phenoxy) is 1. The summed E-state index contributed by atoms with van der Waals surface area (Å²) in [6.07, 6.45) is 0.704. The summed E-state index contributed by atoms with van der Waals surface area (Å²) in [5, 5.41) is 3.14. The lowest BCUT2D eigenvalue weighted by Crippen LogP contribution is -2.65. The molecule has 0 aliphatic carbocycles. The molecule has 0 aromatic heterocycles. The Kier molecular flexibility index (Phi) is 3.39. The average Bonchev–Trinajstić information content (AvgIpc) is 2.52. The number of urea groups is 1. The van der Waals surface area contributed by atoms with E-state index in [1.54, 1.807) is 4.90 Å². The van der Waals surface area contributed by atoms with Crippen LogP contribution in [0.25, 0.3) is 0 Å². The van der Waals surface area contributed by atoms with Crippen molar-refractivity contribution < 1.29 is 9.53 Å². The number of nitrogens with zero attached hydrogens (tertiary/aromatic N) is 1. The smallest absolute Gasteiger partial charge is 0.325 e. The summed E-state index contributed by atoms with van der Waals surface area (Å²) in [5.74, 6) is 0.826. The van der Waals surface area contributed by atoms with Gasteiger partial charge in [0.1, 0.15) is 5.75 Å². The van der Waals surface area contributed by atoms with Gasteiger partial charge in [0.25, 0.3) is 0 Å². The average molecular weight is 387 g/mol. The van der Waals surface area contributed by atoms with Gasteiger partial charge < -0.3 is 10.1 Å². The normalized spacial score (nSPS) is 24.9. The van der Waals surface area contributed by atoms with Crippen LogP contribution in [0.4, 0.5) is 10.5 Å². The molecule has 4 nitrogen and oxygen atoms in total. The molecule has 2 amide bonds. The van der Waals surface area contributed by atoms with Gasteiger partial charge in [0.2, 0.25) is 0 Å². The highest BCUT2D eigenvalue weighted by Crippen LogP contribution is 2.46. The van der Waals surface area contributed by atoms with Gasteiger partial charge in [-0.15, -0.1) is 0 Å². The lowest BCUT2D eigenvalue weighted by molar-refractivity contribution is 0.0377. The summed E-state index contributed by atoms with van der Waals surface area (Å²) in [6, 6.07) is 11.8. The van der Waals surface area contributed by atoms with E-state index in [1.165, 1.54) is 0 Å².